The van der Waals surface area contributed by atoms with Gasteiger partial charge < -0.3 is 20.7 Å². The number of alkyl carbamates (subject to hydrolysis) is 1. The van der Waals surface area contributed by atoms with Crippen molar-refractivity contribution in [2.24, 2.45) is 10.9 Å². The largest absolute Gasteiger partial charge is 0.444 e. The van der Waals surface area contributed by atoms with Gasteiger partial charge in [-0.25, -0.2) is 4.79 Å². The first kappa shape index (κ1) is 27.0. The van der Waals surface area contributed by atoms with Crippen LogP contribution in [0, 0.1) is 5.92 Å². The zero-order chi connectivity index (χ0) is 21.1. The van der Waals surface area contributed by atoms with Crippen LogP contribution in [0.2, 0.25) is 0 Å². The lowest BCUT2D eigenvalue weighted by Crippen LogP contribution is -2.43. The van der Waals surface area contributed by atoms with E-state index < -0.39 is 11.7 Å². The smallest absolute Gasteiger partial charge is 0.407 e. The number of halogens is 1. The maximum absolute atomic E-state index is 11.7. The Morgan fingerprint density at radius 2 is 2.07 bits per heavy atom. The van der Waals surface area contributed by atoms with E-state index in [-0.39, 0.29) is 24.0 Å². The normalized spacial score (nSPS) is 17.7. The van der Waals surface area contributed by atoms with Crippen molar-refractivity contribution in [3.63, 3.8) is 0 Å². The first-order chi connectivity index (χ1) is 13.9. The highest BCUT2D eigenvalue weighted by atomic mass is 127. The molecule has 30 heavy (non-hydrogen) atoms. The number of carbonyl (C=O) groups is 1. The Bertz CT molecular complexity index is 634. The number of aliphatic imine (C=N–C) groups is 1. The molecule has 0 aromatic carbocycles. The SMILES string of the molecule is CCNC(=NCC1CCCN(Cc2cccs2)C1)NCCNC(=O)OC(C)(C)C.I. The van der Waals surface area contributed by atoms with Crippen LogP contribution in [0.4, 0.5) is 4.79 Å². The van der Waals surface area contributed by atoms with Gasteiger partial charge in [-0.15, -0.1) is 35.3 Å². The van der Waals surface area contributed by atoms with Gasteiger partial charge in [0.25, 0.3) is 0 Å². The van der Waals surface area contributed by atoms with E-state index in [0.29, 0.717) is 19.0 Å². The molecule has 1 aromatic heterocycles. The van der Waals surface area contributed by atoms with E-state index in [1.807, 2.05) is 32.1 Å². The molecule has 3 N–H and O–H groups in total. The number of rotatable bonds is 8. The maximum Gasteiger partial charge on any atom is 0.407 e. The Hall–Kier alpha value is -1.07. The highest BCUT2D eigenvalue weighted by Crippen LogP contribution is 2.20. The Morgan fingerprint density at radius 1 is 1.30 bits per heavy atom. The van der Waals surface area contributed by atoms with Crippen molar-refractivity contribution < 1.29 is 9.53 Å². The van der Waals surface area contributed by atoms with E-state index in [1.165, 1.54) is 24.3 Å². The number of guanidine groups is 1. The molecule has 1 aliphatic heterocycles. The summed E-state index contributed by atoms with van der Waals surface area (Å²) in [6.45, 7) is 13.6. The molecule has 9 heteroatoms. The lowest BCUT2D eigenvalue weighted by Gasteiger charge is -2.31. The van der Waals surface area contributed by atoms with Gasteiger partial charge in [0, 0.05) is 44.1 Å². The summed E-state index contributed by atoms with van der Waals surface area (Å²) in [7, 11) is 0. The minimum absolute atomic E-state index is 0. The predicted molar refractivity (Wildman–Crippen MR) is 136 cm³/mol. The summed E-state index contributed by atoms with van der Waals surface area (Å²) in [5, 5.41) is 11.5. The van der Waals surface area contributed by atoms with Crippen LogP contribution in [0.5, 0.6) is 0 Å². The van der Waals surface area contributed by atoms with Gasteiger partial charge in [-0.05, 0) is 64.4 Å². The number of hydrogen-bond donors (Lipinski definition) is 3. The molecule has 1 atom stereocenters. The molecule has 0 saturated carbocycles. The quantitative estimate of drug-likeness (QED) is 0.199. The number of piperidine rings is 1. The van der Waals surface area contributed by atoms with Crippen molar-refractivity contribution in [2.75, 3.05) is 39.3 Å². The Balaban J connectivity index is 0.00000450. The molecule has 172 valence electrons. The molecule has 1 fully saturated rings. The van der Waals surface area contributed by atoms with Crippen LogP contribution in [0.25, 0.3) is 0 Å². The summed E-state index contributed by atoms with van der Waals surface area (Å²) in [6.07, 6.45) is 2.06. The fraction of sp³-hybridized carbons (Fsp3) is 0.714. The average Bonchev–Trinajstić information content (AvgIpc) is 3.15. The number of hydrogen-bond acceptors (Lipinski definition) is 5. The van der Waals surface area contributed by atoms with E-state index >= 15 is 0 Å². The molecule has 1 saturated heterocycles. The molecule has 0 aliphatic carbocycles. The monoisotopic (exact) mass is 551 g/mol. The Labute approximate surface area is 202 Å². The fourth-order valence-electron chi connectivity index (χ4n) is 3.29. The molecular formula is C21H38IN5O2S. The van der Waals surface area contributed by atoms with Gasteiger partial charge in [-0.2, -0.15) is 0 Å². The third-order valence-electron chi connectivity index (χ3n) is 4.50. The molecule has 1 aliphatic rings. The number of likely N-dealkylation sites (tertiary alicyclic amines) is 1. The van der Waals surface area contributed by atoms with E-state index in [2.05, 4.69) is 45.3 Å². The number of nitrogens with zero attached hydrogens (tertiary/aromatic N) is 2. The molecule has 2 heterocycles. The van der Waals surface area contributed by atoms with Crippen molar-refractivity contribution in [3.05, 3.63) is 22.4 Å². The number of ether oxygens (including phenoxy) is 1. The molecule has 1 unspecified atom stereocenters. The summed E-state index contributed by atoms with van der Waals surface area (Å²) >= 11 is 1.83. The van der Waals surface area contributed by atoms with E-state index in [4.69, 9.17) is 9.73 Å². The molecule has 0 radical (unpaired) electrons. The van der Waals surface area contributed by atoms with Crippen molar-refractivity contribution in [1.29, 1.82) is 0 Å². The van der Waals surface area contributed by atoms with Gasteiger partial charge in [0.15, 0.2) is 5.96 Å². The second kappa shape index (κ2) is 14.1. The van der Waals surface area contributed by atoms with Crippen molar-refractivity contribution in [1.82, 2.24) is 20.9 Å². The van der Waals surface area contributed by atoms with Crippen LogP contribution in [0.1, 0.15) is 45.4 Å². The molecule has 1 amide bonds. The molecule has 2 rings (SSSR count). The fourth-order valence-corrected chi connectivity index (χ4v) is 4.03. The van der Waals surface area contributed by atoms with Crippen LogP contribution in [-0.2, 0) is 11.3 Å². The summed E-state index contributed by atoms with van der Waals surface area (Å²) in [5.41, 5.74) is -0.481. The zero-order valence-corrected chi connectivity index (χ0v) is 21.8. The van der Waals surface area contributed by atoms with Crippen molar-refractivity contribution in [2.45, 2.75) is 52.7 Å². The molecule has 7 nitrogen and oxygen atoms in total. The van der Waals surface area contributed by atoms with Crippen LogP contribution in [0.15, 0.2) is 22.5 Å². The highest BCUT2D eigenvalue weighted by Gasteiger charge is 2.20. The highest BCUT2D eigenvalue weighted by molar-refractivity contribution is 14.0. The third kappa shape index (κ3) is 11.4. The molecule has 0 spiro atoms. The lowest BCUT2D eigenvalue weighted by atomic mass is 9.98. The van der Waals surface area contributed by atoms with Gasteiger partial charge in [0.2, 0.25) is 0 Å². The van der Waals surface area contributed by atoms with Gasteiger partial charge >= 0.3 is 6.09 Å². The van der Waals surface area contributed by atoms with Crippen LogP contribution >= 0.6 is 35.3 Å². The number of amides is 1. The van der Waals surface area contributed by atoms with Crippen LogP contribution in [-0.4, -0.2) is 61.8 Å². The van der Waals surface area contributed by atoms with Gasteiger partial charge in [-0.1, -0.05) is 6.07 Å². The predicted octanol–water partition coefficient (Wildman–Crippen LogP) is 3.66. The summed E-state index contributed by atoms with van der Waals surface area (Å²) < 4.78 is 5.24. The molecular weight excluding hydrogens is 513 g/mol. The van der Waals surface area contributed by atoms with Crippen LogP contribution in [0.3, 0.4) is 0 Å². The average molecular weight is 552 g/mol. The molecule has 0 bridgehead atoms. The van der Waals surface area contributed by atoms with Gasteiger partial charge in [0.1, 0.15) is 5.60 Å². The van der Waals surface area contributed by atoms with Crippen molar-refractivity contribution >= 4 is 47.4 Å². The summed E-state index contributed by atoms with van der Waals surface area (Å²) in [5.74, 6) is 1.38. The number of carbonyl (C=O) groups excluding carboxylic acids is 1. The minimum atomic E-state index is -0.481. The number of thiophene rings is 1. The minimum Gasteiger partial charge on any atom is -0.444 e. The Kier molecular flexibility index (Phi) is 12.7. The van der Waals surface area contributed by atoms with Gasteiger partial charge in [0.05, 0.1) is 0 Å². The molecule has 1 aromatic rings. The topological polar surface area (TPSA) is 78.0 Å². The summed E-state index contributed by atoms with van der Waals surface area (Å²) in [4.78, 5) is 20.4. The first-order valence-electron chi connectivity index (χ1n) is 10.6. The summed E-state index contributed by atoms with van der Waals surface area (Å²) in [6, 6.07) is 4.34. The second-order valence-electron chi connectivity index (χ2n) is 8.40. The lowest BCUT2D eigenvalue weighted by molar-refractivity contribution is 0.0529. The van der Waals surface area contributed by atoms with E-state index in [9.17, 15) is 4.79 Å². The third-order valence-corrected chi connectivity index (χ3v) is 5.36. The second-order valence-corrected chi connectivity index (χ2v) is 9.43. The van der Waals surface area contributed by atoms with Crippen LogP contribution < -0.4 is 16.0 Å². The maximum atomic E-state index is 11.7. The van der Waals surface area contributed by atoms with Gasteiger partial charge in [-0.3, -0.25) is 9.89 Å². The Morgan fingerprint density at radius 3 is 2.73 bits per heavy atom. The van der Waals surface area contributed by atoms with E-state index in [1.54, 1.807) is 0 Å². The van der Waals surface area contributed by atoms with Crippen molar-refractivity contribution in [3.8, 4) is 0 Å². The number of nitrogens with one attached hydrogen (secondary N) is 3. The first-order valence-corrected chi connectivity index (χ1v) is 11.5. The zero-order valence-electron chi connectivity index (χ0n) is 18.7. The van der Waals surface area contributed by atoms with E-state index in [0.717, 1.165) is 32.1 Å². The standard InChI is InChI=1S/C21H37N5O2S.HI/c1-5-22-19(23-10-11-24-20(27)28-21(2,3)4)25-14-17-8-6-12-26(15-17)16-18-9-7-13-29-18;/h7,9,13,17H,5-6,8,10-12,14-16H2,1-4H3,(H,24,27)(H2,22,23,25);1H.